The van der Waals surface area contributed by atoms with E-state index in [2.05, 4.69) is 10.0 Å². The second-order valence-electron chi connectivity index (χ2n) is 7.29. The minimum absolute atomic E-state index is 0.197. The number of carbonyl (C=O) groups excluding carboxylic acids is 2. The maximum Gasteiger partial charge on any atom is 0.338 e. The number of carbonyl (C=O) groups is 2. The molecule has 0 spiro atoms. The number of nitrogens with one attached hydrogen (secondary N) is 2. The topological polar surface area (TPSA) is 102 Å². The van der Waals surface area contributed by atoms with E-state index in [0.29, 0.717) is 17.8 Å². The lowest BCUT2D eigenvalue weighted by atomic mass is 10.2. The number of ether oxygens (including phenoxy) is 1. The first-order valence-corrected chi connectivity index (χ1v) is 11.4. The molecular weight excluding hydrogens is 428 g/mol. The van der Waals surface area contributed by atoms with Crippen LogP contribution in [0.5, 0.6) is 0 Å². The van der Waals surface area contributed by atoms with E-state index in [-0.39, 0.29) is 10.5 Å². The highest BCUT2D eigenvalue weighted by atomic mass is 32.2. The van der Waals surface area contributed by atoms with E-state index in [1.54, 1.807) is 19.1 Å². The maximum absolute atomic E-state index is 12.7. The Labute approximate surface area is 187 Å². The van der Waals surface area contributed by atoms with Crippen molar-refractivity contribution in [2.45, 2.75) is 25.3 Å². The van der Waals surface area contributed by atoms with Crippen molar-refractivity contribution in [2.75, 3.05) is 11.3 Å². The van der Waals surface area contributed by atoms with Gasteiger partial charge in [-0.1, -0.05) is 42.5 Å². The quantitative estimate of drug-likeness (QED) is 0.509. The number of aryl methyl sites for hydroxylation is 2. The lowest BCUT2D eigenvalue weighted by Crippen LogP contribution is -2.28. The van der Waals surface area contributed by atoms with Gasteiger partial charge in [0.05, 0.1) is 10.5 Å². The molecule has 0 unspecified atom stereocenters. The zero-order valence-electron chi connectivity index (χ0n) is 17.8. The summed E-state index contributed by atoms with van der Waals surface area (Å²) in [5.41, 5.74) is 2.92. The van der Waals surface area contributed by atoms with Gasteiger partial charge in [-0.2, -0.15) is 0 Å². The van der Waals surface area contributed by atoms with Crippen LogP contribution in [0.1, 0.15) is 27.0 Å². The monoisotopic (exact) mass is 452 g/mol. The molecule has 0 saturated heterocycles. The highest BCUT2D eigenvalue weighted by molar-refractivity contribution is 7.92. The van der Waals surface area contributed by atoms with Gasteiger partial charge in [0.25, 0.3) is 15.9 Å². The van der Waals surface area contributed by atoms with Crippen LogP contribution in [-0.2, 0) is 26.1 Å². The Kier molecular flexibility index (Phi) is 7.27. The number of rotatable bonds is 8. The molecule has 0 aromatic heterocycles. The zero-order valence-corrected chi connectivity index (χ0v) is 18.6. The van der Waals surface area contributed by atoms with Gasteiger partial charge in [0.15, 0.2) is 6.61 Å². The van der Waals surface area contributed by atoms with Crippen LogP contribution in [0.25, 0.3) is 0 Å². The molecule has 7 nitrogen and oxygen atoms in total. The van der Waals surface area contributed by atoms with Crippen molar-refractivity contribution in [1.29, 1.82) is 0 Å². The molecular formula is C24H24N2O5S. The van der Waals surface area contributed by atoms with Crippen LogP contribution >= 0.6 is 0 Å². The van der Waals surface area contributed by atoms with Crippen LogP contribution in [-0.4, -0.2) is 26.9 Å². The summed E-state index contributed by atoms with van der Waals surface area (Å²) in [7, 11) is -3.77. The molecule has 0 radical (unpaired) electrons. The average molecular weight is 453 g/mol. The van der Waals surface area contributed by atoms with Gasteiger partial charge in [-0.15, -0.1) is 0 Å². The Hall–Kier alpha value is -3.65. The minimum atomic E-state index is -3.77. The van der Waals surface area contributed by atoms with Gasteiger partial charge in [0, 0.05) is 12.2 Å². The van der Waals surface area contributed by atoms with Gasteiger partial charge in [0.1, 0.15) is 0 Å². The van der Waals surface area contributed by atoms with Crippen LogP contribution in [0, 0.1) is 13.8 Å². The summed E-state index contributed by atoms with van der Waals surface area (Å²) < 4.78 is 32.9. The molecule has 166 valence electrons. The molecule has 0 heterocycles. The molecule has 0 aliphatic rings. The van der Waals surface area contributed by atoms with E-state index in [0.717, 1.165) is 11.1 Å². The standard InChI is InChI=1S/C24H24N2O5S/c1-17-8-9-18(2)22(14-17)32(29,30)26-21-12-10-20(11-13-21)24(28)31-16-23(27)25-15-19-6-4-3-5-7-19/h3-14,26H,15-16H2,1-2H3,(H,25,27). The van der Waals surface area contributed by atoms with E-state index < -0.39 is 28.5 Å². The molecule has 8 heteroatoms. The fraction of sp³-hybridized carbons (Fsp3) is 0.167. The highest BCUT2D eigenvalue weighted by Crippen LogP contribution is 2.21. The second kappa shape index (κ2) is 10.1. The number of hydrogen-bond acceptors (Lipinski definition) is 5. The fourth-order valence-electron chi connectivity index (χ4n) is 2.94. The van der Waals surface area contributed by atoms with Crippen molar-refractivity contribution < 1.29 is 22.7 Å². The first kappa shape index (κ1) is 23.0. The highest BCUT2D eigenvalue weighted by Gasteiger charge is 2.18. The summed E-state index contributed by atoms with van der Waals surface area (Å²) in [6.45, 7) is 3.48. The Morgan fingerprint density at radius 2 is 1.59 bits per heavy atom. The number of amides is 1. The number of benzene rings is 3. The first-order chi connectivity index (χ1) is 15.2. The SMILES string of the molecule is Cc1ccc(C)c(S(=O)(=O)Nc2ccc(C(=O)OCC(=O)NCc3ccccc3)cc2)c1. The second-order valence-corrected chi connectivity index (χ2v) is 8.94. The molecule has 3 aromatic rings. The van der Waals surface area contributed by atoms with Crippen LogP contribution in [0.2, 0.25) is 0 Å². The van der Waals surface area contributed by atoms with Crippen molar-refractivity contribution in [3.05, 3.63) is 95.1 Å². The molecule has 0 aliphatic carbocycles. The fourth-order valence-corrected chi connectivity index (χ4v) is 4.33. The first-order valence-electron chi connectivity index (χ1n) is 9.92. The number of esters is 1. The summed E-state index contributed by atoms with van der Waals surface area (Å²) in [5.74, 6) is -1.09. The minimum Gasteiger partial charge on any atom is -0.452 e. The van der Waals surface area contributed by atoms with E-state index >= 15 is 0 Å². The predicted octanol–water partition coefficient (Wildman–Crippen LogP) is 3.58. The summed E-state index contributed by atoms with van der Waals surface area (Å²) in [4.78, 5) is 24.3. The van der Waals surface area contributed by atoms with E-state index in [1.165, 1.54) is 24.3 Å². The third-order valence-electron chi connectivity index (χ3n) is 4.67. The molecule has 3 aromatic carbocycles. The van der Waals surface area contributed by atoms with E-state index in [4.69, 9.17) is 4.74 Å². The van der Waals surface area contributed by atoms with Gasteiger partial charge in [-0.25, -0.2) is 13.2 Å². The molecule has 0 fully saturated rings. The van der Waals surface area contributed by atoms with Gasteiger partial charge < -0.3 is 10.1 Å². The lowest BCUT2D eigenvalue weighted by Gasteiger charge is -2.11. The summed E-state index contributed by atoms with van der Waals surface area (Å²) in [6.07, 6.45) is 0. The van der Waals surface area contributed by atoms with Crippen LogP contribution in [0.4, 0.5) is 5.69 Å². The Morgan fingerprint density at radius 3 is 2.28 bits per heavy atom. The van der Waals surface area contributed by atoms with Crippen molar-refractivity contribution >= 4 is 27.6 Å². The predicted molar refractivity (Wildman–Crippen MR) is 122 cm³/mol. The van der Waals surface area contributed by atoms with E-state index in [9.17, 15) is 18.0 Å². The smallest absolute Gasteiger partial charge is 0.338 e. The third kappa shape index (κ3) is 6.18. The summed E-state index contributed by atoms with van der Waals surface area (Å²) in [6, 6.07) is 20.4. The molecule has 0 atom stereocenters. The normalized spacial score (nSPS) is 10.9. The Bertz CT molecular complexity index is 1210. The largest absolute Gasteiger partial charge is 0.452 e. The molecule has 0 saturated carbocycles. The van der Waals surface area contributed by atoms with Gasteiger partial charge in [-0.3, -0.25) is 9.52 Å². The Morgan fingerprint density at radius 1 is 0.906 bits per heavy atom. The van der Waals surface area contributed by atoms with Crippen molar-refractivity contribution in [3.63, 3.8) is 0 Å². The number of hydrogen-bond donors (Lipinski definition) is 2. The maximum atomic E-state index is 12.7. The average Bonchev–Trinajstić information content (AvgIpc) is 2.78. The Balaban J connectivity index is 1.55. The van der Waals surface area contributed by atoms with Crippen molar-refractivity contribution in [3.8, 4) is 0 Å². The number of sulfonamides is 1. The lowest BCUT2D eigenvalue weighted by molar-refractivity contribution is -0.124. The molecule has 1 amide bonds. The van der Waals surface area contributed by atoms with Crippen molar-refractivity contribution in [1.82, 2.24) is 5.32 Å². The summed E-state index contributed by atoms with van der Waals surface area (Å²) >= 11 is 0. The van der Waals surface area contributed by atoms with Gasteiger partial charge in [0.2, 0.25) is 0 Å². The third-order valence-corrected chi connectivity index (χ3v) is 6.20. The van der Waals surface area contributed by atoms with Crippen LogP contribution in [0.3, 0.4) is 0 Å². The van der Waals surface area contributed by atoms with Crippen LogP contribution < -0.4 is 10.0 Å². The molecule has 0 aliphatic heterocycles. The van der Waals surface area contributed by atoms with E-state index in [1.807, 2.05) is 43.3 Å². The summed E-state index contributed by atoms with van der Waals surface area (Å²) in [5, 5.41) is 2.67. The van der Waals surface area contributed by atoms with Gasteiger partial charge in [-0.05, 0) is 60.9 Å². The zero-order chi connectivity index (χ0) is 23.1. The van der Waals surface area contributed by atoms with Crippen molar-refractivity contribution in [2.24, 2.45) is 0 Å². The number of anilines is 1. The molecule has 0 bridgehead atoms. The molecule has 3 rings (SSSR count). The molecule has 2 N–H and O–H groups in total. The molecule has 32 heavy (non-hydrogen) atoms. The van der Waals surface area contributed by atoms with Gasteiger partial charge >= 0.3 is 5.97 Å². The van der Waals surface area contributed by atoms with Crippen LogP contribution in [0.15, 0.2) is 77.7 Å².